The van der Waals surface area contributed by atoms with Crippen molar-refractivity contribution in [2.75, 3.05) is 42.9 Å². The third-order valence-corrected chi connectivity index (χ3v) is 7.78. The summed E-state index contributed by atoms with van der Waals surface area (Å²) in [4.78, 5) is 30.5. The Kier molecular flexibility index (Phi) is 8.58. The molecule has 0 aliphatic carbocycles. The molecule has 37 heavy (non-hydrogen) atoms. The maximum Gasteiger partial charge on any atom is 0.256 e. The number of benzene rings is 3. The van der Waals surface area contributed by atoms with E-state index >= 15 is 0 Å². The zero-order valence-electron chi connectivity index (χ0n) is 20.9. The number of piperazine rings is 1. The van der Waals surface area contributed by atoms with Gasteiger partial charge in [0.05, 0.1) is 16.1 Å². The lowest BCUT2D eigenvalue weighted by atomic mass is 10.1. The summed E-state index contributed by atoms with van der Waals surface area (Å²) < 4.78 is 27.7. The molecular weight excluding hydrogens is 488 g/mol. The van der Waals surface area contributed by atoms with Gasteiger partial charge in [-0.2, -0.15) is 0 Å². The first-order valence-electron chi connectivity index (χ1n) is 12.5. The number of hydrogen-bond acceptors (Lipinski definition) is 5. The van der Waals surface area contributed by atoms with Gasteiger partial charge >= 0.3 is 0 Å². The first kappa shape index (κ1) is 26.4. The van der Waals surface area contributed by atoms with E-state index < -0.39 is 15.9 Å². The Morgan fingerprint density at radius 1 is 0.865 bits per heavy atom. The van der Waals surface area contributed by atoms with Crippen LogP contribution < -0.4 is 14.9 Å². The summed E-state index contributed by atoms with van der Waals surface area (Å²) in [6, 6.07) is 22.9. The standard InChI is InChI=1S/C28H32N4O4S/c1-2-3-16-29-37(35,36)24-13-9-10-22(21-24)27(33)30-26-15-8-7-14-25(26)28(34)32-19-17-31(18-20-32)23-11-5-4-6-12-23/h4-15,21,29H,2-3,16-20H2,1H3,(H,30,33). The van der Waals surface area contributed by atoms with Gasteiger partial charge in [-0.15, -0.1) is 0 Å². The molecule has 194 valence electrons. The van der Waals surface area contributed by atoms with Gasteiger partial charge in [0.1, 0.15) is 0 Å². The van der Waals surface area contributed by atoms with Crippen LogP contribution in [0.3, 0.4) is 0 Å². The minimum Gasteiger partial charge on any atom is -0.368 e. The zero-order valence-corrected chi connectivity index (χ0v) is 21.7. The molecule has 0 aromatic heterocycles. The second-order valence-electron chi connectivity index (χ2n) is 8.89. The molecule has 1 fully saturated rings. The highest BCUT2D eigenvalue weighted by Gasteiger charge is 2.25. The number of rotatable bonds is 9. The van der Waals surface area contributed by atoms with Crippen LogP contribution in [-0.4, -0.2) is 57.9 Å². The van der Waals surface area contributed by atoms with Gasteiger partial charge in [-0.25, -0.2) is 13.1 Å². The molecule has 0 radical (unpaired) electrons. The van der Waals surface area contributed by atoms with Crippen LogP contribution in [0.15, 0.2) is 83.8 Å². The van der Waals surface area contributed by atoms with Crippen molar-refractivity contribution in [2.45, 2.75) is 24.7 Å². The monoisotopic (exact) mass is 520 g/mol. The molecule has 1 heterocycles. The third kappa shape index (κ3) is 6.55. The summed E-state index contributed by atoms with van der Waals surface area (Å²) in [5.74, 6) is -0.639. The number of carbonyl (C=O) groups is 2. The van der Waals surface area contributed by atoms with E-state index in [2.05, 4.69) is 27.1 Å². The van der Waals surface area contributed by atoms with Gasteiger partial charge in [-0.1, -0.05) is 49.7 Å². The molecule has 2 amide bonds. The van der Waals surface area contributed by atoms with Crippen LogP contribution in [0.1, 0.15) is 40.5 Å². The van der Waals surface area contributed by atoms with Gasteiger partial charge in [0.15, 0.2) is 0 Å². The summed E-state index contributed by atoms with van der Waals surface area (Å²) in [6.07, 6.45) is 1.59. The van der Waals surface area contributed by atoms with Crippen LogP contribution >= 0.6 is 0 Å². The van der Waals surface area contributed by atoms with Crippen molar-refractivity contribution >= 4 is 33.2 Å². The molecule has 1 aliphatic rings. The number of unbranched alkanes of at least 4 members (excludes halogenated alkanes) is 1. The summed E-state index contributed by atoms with van der Waals surface area (Å²) in [6.45, 7) is 4.90. The number of hydrogen-bond donors (Lipinski definition) is 2. The smallest absolute Gasteiger partial charge is 0.256 e. The SMILES string of the molecule is CCCCNS(=O)(=O)c1cccc(C(=O)Nc2ccccc2C(=O)N2CCN(c3ccccc3)CC2)c1. The average molecular weight is 521 g/mol. The lowest BCUT2D eigenvalue weighted by molar-refractivity contribution is 0.0748. The maximum atomic E-state index is 13.4. The van der Waals surface area contributed by atoms with Crippen LogP contribution in [0.4, 0.5) is 11.4 Å². The molecule has 0 spiro atoms. The number of nitrogens with zero attached hydrogens (tertiary/aromatic N) is 2. The largest absolute Gasteiger partial charge is 0.368 e. The van der Waals surface area contributed by atoms with E-state index in [0.717, 1.165) is 31.6 Å². The van der Waals surface area contributed by atoms with E-state index in [0.29, 0.717) is 30.9 Å². The maximum absolute atomic E-state index is 13.4. The van der Waals surface area contributed by atoms with Crippen molar-refractivity contribution in [3.05, 3.63) is 90.0 Å². The summed E-state index contributed by atoms with van der Waals surface area (Å²) in [7, 11) is -3.72. The number of nitrogens with one attached hydrogen (secondary N) is 2. The molecule has 2 N–H and O–H groups in total. The highest BCUT2D eigenvalue weighted by Crippen LogP contribution is 2.22. The number of anilines is 2. The quantitative estimate of drug-likeness (QED) is 0.416. The van der Waals surface area contributed by atoms with E-state index in [1.54, 1.807) is 35.2 Å². The molecule has 3 aromatic rings. The predicted octanol–water partition coefficient (Wildman–Crippen LogP) is 3.98. The van der Waals surface area contributed by atoms with Crippen molar-refractivity contribution in [3.63, 3.8) is 0 Å². The van der Waals surface area contributed by atoms with Crippen LogP contribution in [-0.2, 0) is 10.0 Å². The number of amides is 2. The van der Waals surface area contributed by atoms with E-state index in [1.165, 1.54) is 18.2 Å². The average Bonchev–Trinajstić information content (AvgIpc) is 2.94. The Balaban J connectivity index is 1.44. The molecule has 8 nitrogen and oxygen atoms in total. The molecule has 0 atom stereocenters. The van der Waals surface area contributed by atoms with Crippen molar-refractivity contribution in [1.29, 1.82) is 0 Å². The normalized spacial score (nSPS) is 13.9. The minimum absolute atomic E-state index is 0.0249. The van der Waals surface area contributed by atoms with Crippen molar-refractivity contribution in [2.24, 2.45) is 0 Å². The molecular formula is C28H32N4O4S. The third-order valence-electron chi connectivity index (χ3n) is 6.32. The Bertz CT molecular complexity index is 1340. The first-order chi connectivity index (χ1) is 17.9. The highest BCUT2D eigenvalue weighted by molar-refractivity contribution is 7.89. The van der Waals surface area contributed by atoms with Crippen LogP contribution in [0.25, 0.3) is 0 Å². The fourth-order valence-electron chi connectivity index (χ4n) is 4.22. The van der Waals surface area contributed by atoms with Gasteiger partial charge < -0.3 is 15.1 Å². The van der Waals surface area contributed by atoms with E-state index in [9.17, 15) is 18.0 Å². The second kappa shape index (κ2) is 12.0. The molecule has 1 saturated heterocycles. The van der Waals surface area contributed by atoms with Gasteiger partial charge in [0.2, 0.25) is 10.0 Å². The zero-order chi connectivity index (χ0) is 26.3. The highest BCUT2D eigenvalue weighted by atomic mass is 32.2. The Hall–Kier alpha value is -3.69. The molecule has 0 saturated carbocycles. The van der Waals surface area contributed by atoms with Crippen LogP contribution in [0, 0.1) is 0 Å². The summed E-state index contributed by atoms with van der Waals surface area (Å²) >= 11 is 0. The first-order valence-corrected chi connectivity index (χ1v) is 14.0. The lowest BCUT2D eigenvalue weighted by Gasteiger charge is -2.36. The Morgan fingerprint density at radius 2 is 1.57 bits per heavy atom. The number of sulfonamides is 1. The van der Waals surface area contributed by atoms with Crippen LogP contribution in [0.5, 0.6) is 0 Å². The number of carbonyl (C=O) groups excluding carboxylic acids is 2. The molecule has 1 aliphatic heterocycles. The minimum atomic E-state index is -3.72. The summed E-state index contributed by atoms with van der Waals surface area (Å²) in [5, 5.41) is 2.80. The van der Waals surface area contributed by atoms with Gasteiger partial charge in [-0.3, -0.25) is 9.59 Å². The molecule has 0 unspecified atom stereocenters. The Labute approximate surface area is 218 Å². The topological polar surface area (TPSA) is 98.8 Å². The van der Waals surface area contributed by atoms with Gasteiger partial charge in [-0.05, 0) is 48.9 Å². The van der Waals surface area contributed by atoms with Gasteiger partial charge in [0.25, 0.3) is 11.8 Å². The number of para-hydroxylation sites is 2. The van der Waals surface area contributed by atoms with Crippen molar-refractivity contribution in [1.82, 2.24) is 9.62 Å². The van der Waals surface area contributed by atoms with E-state index in [4.69, 9.17) is 0 Å². The van der Waals surface area contributed by atoms with E-state index in [1.807, 2.05) is 25.1 Å². The fraction of sp³-hybridized carbons (Fsp3) is 0.286. The Morgan fingerprint density at radius 3 is 2.30 bits per heavy atom. The lowest BCUT2D eigenvalue weighted by Crippen LogP contribution is -2.48. The van der Waals surface area contributed by atoms with E-state index in [-0.39, 0.29) is 16.4 Å². The predicted molar refractivity (Wildman–Crippen MR) is 145 cm³/mol. The fourth-order valence-corrected chi connectivity index (χ4v) is 5.34. The molecule has 0 bridgehead atoms. The summed E-state index contributed by atoms with van der Waals surface area (Å²) in [5.41, 5.74) is 2.11. The molecule has 9 heteroatoms. The van der Waals surface area contributed by atoms with Gasteiger partial charge in [0, 0.05) is 44.0 Å². The van der Waals surface area contributed by atoms with Crippen molar-refractivity contribution in [3.8, 4) is 0 Å². The molecule has 3 aromatic carbocycles. The van der Waals surface area contributed by atoms with Crippen molar-refractivity contribution < 1.29 is 18.0 Å². The second-order valence-corrected chi connectivity index (χ2v) is 10.7. The molecule has 4 rings (SSSR count). The van der Waals surface area contributed by atoms with Crippen LogP contribution in [0.2, 0.25) is 0 Å².